The minimum Gasteiger partial charge on any atom is -0.444 e. The molecule has 2 aliphatic heterocycles. The molecule has 4 rings (SSSR count). The highest BCUT2D eigenvalue weighted by molar-refractivity contribution is 5.90. The lowest BCUT2D eigenvalue weighted by molar-refractivity contribution is 0.139. The van der Waals surface area contributed by atoms with E-state index >= 15 is 0 Å². The Morgan fingerprint density at radius 2 is 2.00 bits per heavy atom. The zero-order valence-corrected chi connectivity index (χ0v) is 15.0. The zero-order chi connectivity index (χ0) is 17.7. The number of cyclic esters (lactones) is 1. The molecule has 25 heavy (non-hydrogen) atoms. The SMILES string of the molecule is CC[C@H]1CN(c2ccc(N3C[C@@H]4[C@H](C3)[C@H]4NC(C)C)c(F)c2)C(=O)O1. The van der Waals surface area contributed by atoms with Gasteiger partial charge >= 0.3 is 6.09 Å². The standard InChI is InChI=1S/C19H26FN3O2/c1-4-13-8-23(19(24)25-13)12-5-6-17(16(20)7-12)22-9-14-15(10-22)18(14)21-11(2)3/h5-7,11,13-15,18,21H,4,8-10H2,1-3H3/t13-,14-,15+,18+/m0/s1. The van der Waals surface area contributed by atoms with Crippen LogP contribution in [0.5, 0.6) is 0 Å². The van der Waals surface area contributed by atoms with E-state index in [4.69, 9.17) is 4.74 Å². The summed E-state index contributed by atoms with van der Waals surface area (Å²) in [6.45, 7) is 8.59. The van der Waals surface area contributed by atoms with E-state index in [0.29, 0.717) is 41.8 Å². The molecule has 0 spiro atoms. The third-order valence-corrected chi connectivity index (χ3v) is 5.63. The van der Waals surface area contributed by atoms with E-state index < -0.39 is 0 Å². The summed E-state index contributed by atoms with van der Waals surface area (Å²) in [6.07, 6.45) is 0.278. The molecular weight excluding hydrogens is 321 g/mol. The molecule has 1 amide bonds. The van der Waals surface area contributed by atoms with E-state index in [-0.39, 0.29) is 18.0 Å². The predicted octanol–water partition coefficient (Wildman–Crippen LogP) is 2.99. The Labute approximate surface area is 148 Å². The van der Waals surface area contributed by atoms with Crippen LogP contribution in [-0.2, 0) is 4.74 Å². The molecule has 1 aromatic carbocycles. The molecule has 1 N–H and O–H groups in total. The lowest BCUT2D eigenvalue weighted by atomic mass is 10.2. The van der Waals surface area contributed by atoms with E-state index in [2.05, 4.69) is 24.1 Å². The van der Waals surface area contributed by atoms with Gasteiger partial charge in [-0.2, -0.15) is 0 Å². The number of piperidine rings is 1. The molecule has 0 radical (unpaired) electrons. The van der Waals surface area contributed by atoms with Crippen molar-refractivity contribution < 1.29 is 13.9 Å². The van der Waals surface area contributed by atoms with Gasteiger partial charge in [-0.15, -0.1) is 0 Å². The maximum atomic E-state index is 14.7. The normalized spacial score (nSPS) is 30.8. The number of carbonyl (C=O) groups is 1. The third-order valence-electron chi connectivity index (χ3n) is 5.63. The van der Waals surface area contributed by atoms with E-state index in [0.717, 1.165) is 19.5 Å². The van der Waals surface area contributed by atoms with Crippen molar-refractivity contribution in [2.75, 3.05) is 29.4 Å². The largest absolute Gasteiger partial charge is 0.444 e. The molecule has 0 aromatic heterocycles. The smallest absolute Gasteiger partial charge is 0.414 e. The average molecular weight is 347 g/mol. The van der Waals surface area contributed by atoms with Gasteiger partial charge in [0.15, 0.2) is 0 Å². The van der Waals surface area contributed by atoms with E-state index in [9.17, 15) is 9.18 Å². The number of carbonyl (C=O) groups excluding carboxylic acids is 1. The summed E-state index contributed by atoms with van der Waals surface area (Å²) in [4.78, 5) is 15.6. The zero-order valence-electron chi connectivity index (χ0n) is 15.0. The average Bonchev–Trinajstić information content (AvgIpc) is 2.92. The summed E-state index contributed by atoms with van der Waals surface area (Å²) in [6, 6.07) is 6.16. The lowest BCUT2D eigenvalue weighted by Gasteiger charge is -2.24. The molecule has 1 aliphatic carbocycles. The second-order valence-electron chi connectivity index (χ2n) is 7.74. The summed E-state index contributed by atoms with van der Waals surface area (Å²) in [5.74, 6) is 0.987. The van der Waals surface area contributed by atoms with Crippen LogP contribution in [0.25, 0.3) is 0 Å². The molecule has 2 saturated heterocycles. The van der Waals surface area contributed by atoms with E-state index in [1.54, 1.807) is 6.07 Å². The molecule has 1 saturated carbocycles. The highest BCUT2D eigenvalue weighted by Crippen LogP contribution is 2.47. The van der Waals surface area contributed by atoms with Crippen LogP contribution in [0.4, 0.5) is 20.6 Å². The van der Waals surface area contributed by atoms with Crippen LogP contribution < -0.4 is 15.1 Å². The van der Waals surface area contributed by atoms with Crippen LogP contribution in [0.15, 0.2) is 18.2 Å². The molecule has 0 unspecified atom stereocenters. The van der Waals surface area contributed by atoms with Gasteiger partial charge in [0.1, 0.15) is 11.9 Å². The molecule has 6 heteroatoms. The first-order chi connectivity index (χ1) is 12.0. The Morgan fingerprint density at radius 1 is 1.28 bits per heavy atom. The molecule has 5 nitrogen and oxygen atoms in total. The first-order valence-corrected chi connectivity index (χ1v) is 9.26. The number of nitrogens with one attached hydrogen (secondary N) is 1. The summed E-state index contributed by atoms with van der Waals surface area (Å²) in [5, 5.41) is 3.59. The quantitative estimate of drug-likeness (QED) is 0.889. The van der Waals surface area contributed by atoms with Gasteiger partial charge in [-0.3, -0.25) is 4.90 Å². The molecule has 2 heterocycles. The van der Waals surface area contributed by atoms with Crippen LogP contribution in [0.1, 0.15) is 27.2 Å². The highest BCUT2D eigenvalue weighted by atomic mass is 19.1. The lowest BCUT2D eigenvalue weighted by Crippen LogP contribution is -2.34. The molecular formula is C19H26FN3O2. The van der Waals surface area contributed by atoms with Gasteiger partial charge in [-0.1, -0.05) is 20.8 Å². The Kier molecular flexibility index (Phi) is 4.10. The van der Waals surface area contributed by atoms with Crippen molar-refractivity contribution in [2.45, 2.75) is 45.4 Å². The van der Waals surface area contributed by atoms with Crippen molar-refractivity contribution in [3.8, 4) is 0 Å². The van der Waals surface area contributed by atoms with Gasteiger partial charge in [0.05, 0.1) is 17.9 Å². The number of hydrogen-bond acceptors (Lipinski definition) is 4. The van der Waals surface area contributed by atoms with Crippen molar-refractivity contribution in [3.05, 3.63) is 24.0 Å². The first kappa shape index (κ1) is 16.6. The van der Waals surface area contributed by atoms with Crippen LogP contribution in [0, 0.1) is 17.7 Å². The second-order valence-corrected chi connectivity index (χ2v) is 7.74. The second kappa shape index (κ2) is 6.16. The fraction of sp³-hybridized carbons (Fsp3) is 0.632. The van der Waals surface area contributed by atoms with E-state index in [1.807, 2.05) is 13.0 Å². The fourth-order valence-electron chi connectivity index (χ4n) is 4.22. The summed E-state index contributed by atoms with van der Waals surface area (Å²) in [5.41, 5.74) is 1.21. The van der Waals surface area contributed by atoms with Crippen molar-refractivity contribution in [1.29, 1.82) is 0 Å². The van der Waals surface area contributed by atoms with Crippen molar-refractivity contribution in [3.63, 3.8) is 0 Å². The molecule has 4 atom stereocenters. The van der Waals surface area contributed by atoms with Gasteiger partial charge in [0.25, 0.3) is 0 Å². The number of hydrogen-bond donors (Lipinski definition) is 1. The highest BCUT2D eigenvalue weighted by Gasteiger charge is 2.55. The van der Waals surface area contributed by atoms with Gasteiger partial charge < -0.3 is 15.0 Å². The van der Waals surface area contributed by atoms with E-state index in [1.165, 1.54) is 11.0 Å². The Hall–Kier alpha value is -1.82. The predicted molar refractivity (Wildman–Crippen MR) is 95.6 cm³/mol. The Morgan fingerprint density at radius 3 is 2.56 bits per heavy atom. The number of ether oxygens (including phenoxy) is 1. The molecule has 1 aromatic rings. The topological polar surface area (TPSA) is 44.8 Å². The molecule has 3 aliphatic rings. The fourth-order valence-corrected chi connectivity index (χ4v) is 4.22. The minimum absolute atomic E-state index is 0.105. The summed E-state index contributed by atoms with van der Waals surface area (Å²) < 4.78 is 19.9. The van der Waals surface area contributed by atoms with Gasteiger partial charge in [0.2, 0.25) is 0 Å². The number of anilines is 2. The van der Waals surface area contributed by atoms with Gasteiger partial charge in [-0.05, 0) is 36.5 Å². The first-order valence-electron chi connectivity index (χ1n) is 9.26. The molecule has 3 fully saturated rings. The third kappa shape index (κ3) is 2.97. The number of amides is 1. The number of rotatable bonds is 5. The van der Waals surface area contributed by atoms with Crippen molar-refractivity contribution in [2.24, 2.45) is 11.8 Å². The Bertz CT molecular complexity index is 669. The number of fused-ring (bicyclic) bond motifs is 1. The number of halogens is 1. The maximum absolute atomic E-state index is 14.7. The summed E-state index contributed by atoms with van der Waals surface area (Å²) >= 11 is 0. The van der Waals surface area contributed by atoms with Crippen molar-refractivity contribution in [1.82, 2.24) is 5.32 Å². The van der Waals surface area contributed by atoms with Gasteiger partial charge in [-0.25, -0.2) is 9.18 Å². The van der Waals surface area contributed by atoms with Crippen LogP contribution >= 0.6 is 0 Å². The molecule has 0 bridgehead atoms. The van der Waals surface area contributed by atoms with Gasteiger partial charge in [0, 0.05) is 25.2 Å². The Balaban J connectivity index is 1.43. The number of benzene rings is 1. The molecule has 136 valence electrons. The summed E-state index contributed by atoms with van der Waals surface area (Å²) in [7, 11) is 0. The monoisotopic (exact) mass is 347 g/mol. The van der Waals surface area contributed by atoms with Crippen LogP contribution in [-0.4, -0.2) is 43.9 Å². The maximum Gasteiger partial charge on any atom is 0.414 e. The number of nitrogens with zero attached hydrogens (tertiary/aromatic N) is 2. The van der Waals surface area contributed by atoms with Crippen LogP contribution in [0.2, 0.25) is 0 Å². The van der Waals surface area contributed by atoms with Crippen LogP contribution in [0.3, 0.4) is 0 Å². The van der Waals surface area contributed by atoms with Crippen molar-refractivity contribution >= 4 is 17.5 Å². The minimum atomic E-state index is -0.385.